The lowest BCUT2D eigenvalue weighted by Gasteiger charge is -2.10. The molecule has 2 rings (SSSR count). The summed E-state index contributed by atoms with van der Waals surface area (Å²) in [6.07, 6.45) is 0.841. The van der Waals surface area contributed by atoms with Crippen LogP contribution in [0.3, 0.4) is 0 Å². The summed E-state index contributed by atoms with van der Waals surface area (Å²) in [7, 11) is 0. The summed E-state index contributed by atoms with van der Waals surface area (Å²) in [5, 5.41) is 8.88. The molecular weight excluding hydrogens is 220 g/mol. The van der Waals surface area contributed by atoms with Gasteiger partial charge in [-0.15, -0.1) is 0 Å². The maximum atomic E-state index is 11.8. The fourth-order valence-corrected chi connectivity index (χ4v) is 1.88. The Morgan fingerprint density at radius 2 is 2.24 bits per heavy atom. The van der Waals surface area contributed by atoms with E-state index < -0.39 is 5.97 Å². The molecule has 2 N–H and O–H groups in total. The molecule has 17 heavy (non-hydrogen) atoms. The first-order valence-electron chi connectivity index (χ1n) is 5.52. The molecule has 0 radical (unpaired) electrons. The molecule has 0 saturated carbocycles. The summed E-state index contributed by atoms with van der Waals surface area (Å²) in [5.41, 5.74) is 1.29. The molecular formula is C12H14N2O3. The number of nitrogens with one attached hydrogen (secondary N) is 1. The third-order valence-corrected chi connectivity index (χ3v) is 3.00. The van der Waals surface area contributed by atoms with Crippen LogP contribution in [-0.4, -0.2) is 20.6 Å². The van der Waals surface area contributed by atoms with E-state index in [1.54, 1.807) is 10.6 Å². The van der Waals surface area contributed by atoms with Crippen molar-refractivity contribution >= 4 is 17.0 Å². The Bertz CT molecular complexity index is 624. The molecule has 5 heteroatoms. The van der Waals surface area contributed by atoms with Gasteiger partial charge in [-0.1, -0.05) is 6.92 Å². The van der Waals surface area contributed by atoms with Crippen molar-refractivity contribution in [2.45, 2.75) is 26.3 Å². The predicted octanol–water partition coefficient (Wildman–Crippen LogP) is 2.00. The van der Waals surface area contributed by atoms with Crippen LogP contribution < -0.4 is 5.69 Å². The highest BCUT2D eigenvalue weighted by molar-refractivity contribution is 5.92. The van der Waals surface area contributed by atoms with Crippen LogP contribution in [0.25, 0.3) is 11.0 Å². The van der Waals surface area contributed by atoms with Crippen LogP contribution in [0.15, 0.2) is 23.0 Å². The van der Waals surface area contributed by atoms with Gasteiger partial charge in [0, 0.05) is 6.04 Å². The highest BCUT2D eigenvalue weighted by Gasteiger charge is 2.13. The number of aromatic carboxylic acids is 1. The lowest BCUT2D eigenvalue weighted by atomic mass is 10.2. The first-order chi connectivity index (χ1) is 8.04. The molecule has 0 aliphatic heterocycles. The molecule has 0 spiro atoms. The van der Waals surface area contributed by atoms with Gasteiger partial charge in [0.05, 0.1) is 16.6 Å². The minimum atomic E-state index is -0.996. The topological polar surface area (TPSA) is 75.1 Å². The lowest BCUT2D eigenvalue weighted by Crippen LogP contribution is -2.19. The number of rotatable bonds is 3. The zero-order valence-corrected chi connectivity index (χ0v) is 9.73. The average Bonchev–Trinajstić information content (AvgIpc) is 2.62. The van der Waals surface area contributed by atoms with Gasteiger partial charge in [0.2, 0.25) is 0 Å². The maximum Gasteiger partial charge on any atom is 0.335 e. The van der Waals surface area contributed by atoms with Gasteiger partial charge in [-0.2, -0.15) is 0 Å². The summed E-state index contributed by atoms with van der Waals surface area (Å²) in [6, 6.07) is 4.75. The van der Waals surface area contributed by atoms with Gasteiger partial charge >= 0.3 is 11.7 Å². The first-order valence-corrected chi connectivity index (χ1v) is 5.52. The van der Waals surface area contributed by atoms with Gasteiger partial charge < -0.3 is 10.1 Å². The molecule has 5 nitrogen and oxygen atoms in total. The van der Waals surface area contributed by atoms with E-state index in [-0.39, 0.29) is 17.3 Å². The zero-order valence-electron chi connectivity index (χ0n) is 9.73. The number of hydrogen-bond donors (Lipinski definition) is 2. The van der Waals surface area contributed by atoms with E-state index >= 15 is 0 Å². The molecule has 2 aromatic rings. The van der Waals surface area contributed by atoms with E-state index in [0.29, 0.717) is 5.52 Å². The van der Waals surface area contributed by atoms with Gasteiger partial charge in [-0.05, 0) is 31.5 Å². The van der Waals surface area contributed by atoms with E-state index in [9.17, 15) is 9.59 Å². The van der Waals surface area contributed by atoms with E-state index in [4.69, 9.17) is 5.11 Å². The molecule has 1 atom stereocenters. The normalized spacial score (nSPS) is 12.8. The van der Waals surface area contributed by atoms with Crippen molar-refractivity contribution in [1.82, 2.24) is 9.55 Å². The Kier molecular flexibility index (Phi) is 2.75. The second-order valence-electron chi connectivity index (χ2n) is 4.09. The summed E-state index contributed by atoms with van der Waals surface area (Å²) in [6.45, 7) is 3.96. The van der Waals surface area contributed by atoms with Crippen LogP contribution in [0.2, 0.25) is 0 Å². The largest absolute Gasteiger partial charge is 0.478 e. The Morgan fingerprint density at radius 3 is 2.82 bits per heavy atom. The van der Waals surface area contributed by atoms with E-state index in [1.165, 1.54) is 12.1 Å². The van der Waals surface area contributed by atoms with Gasteiger partial charge in [-0.25, -0.2) is 9.59 Å². The van der Waals surface area contributed by atoms with E-state index in [0.717, 1.165) is 11.9 Å². The Hall–Kier alpha value is -2.04. The number of carboxylic acid groups (broad SMARTS) is 1. The minimum absolute atomic E-state index is 0.0897. The number of hydrogen-bond acceptors (Lipinski definition) is 2. The van der Waals surface area contributed by atoms with Crippen molar-refractivity contribution in [3.05, 3.63) is 34.2 Å². The third kappa shape index (κ3) is 1.84. The second kappa shape index (κ2) is 4.08. The number of imidazole rings is 1. The smallest absolute Gasteiger partial charge is 0.335 e. The quantitative estimate of drug-likeness (QED) is 0.852. The third-order valence-electron chi connectivity index (χ3n) is 3.00. The van der Waals surface area contributed by atoms with Crippen LogP contribution in [0.5, 0.6) is 0 Å². The van der Waals surface area contributed by atoms with Gasteiger partial charge in [-0.3, -0.25) is 4.57 Å². The van der Waals surface area contributed by atoms with Crippen LogP contribution in [0.1, 0.15) is 36.7 Å². The molecule has 0 bridgehead atoms. The summed E-state index contributed by atoms with van der Waals surface area (Å²) in [4.78, 5) is 25.3. The lowest BCUT2D eigenvalue weighted by molar-refractivity contribution is 0.0697. The predicted molar refractivity (Wildman–Crippen MR) is 64.5 cm³/mol. The monoisotopic (exact) mass is 234 g/mol. The number of carbonyl (C=O) groups is 1. The average molecular weight is 234 g/mol. The van der Waals surface area contributed by atoms with Gasteiger partial charge in [0.25, 0.3) is 0 Å². The Labute approximate surface area is 97.7 Å². The molecule has 1 aromatic heterocycles. The Morgan fingerprint density at radius 1 is 1.53 bits per heavy atom. The van der Waals surface area contributed by atoms with Crippen LogP contribution >= 0.6 is 0 Å². The van der Waals surface area contributed by atoms with Crippen molar-refractivity contribution in [1.29, 1.82) is 0 Å². The van der Waals surface area contributed by atoms with Crippen molar-refractivity contribution in [3.8, 4) is 0 Å². The number of aromatic amines is 1. The van der Waals surface area contributed by atoms with Crippen LogP contribution in [0, 0.1) is 0 Å². The number of carboxylic acids is 1. The summed E-state index contributed by atoms with van der Waals surface area (Å²) >= 11 is 0. The minimum Gasteiger partial charge on any atom is -0.478 e. The number of benzene rings is 1. The summed E-state index contributed by atoms with van der Waals surface area (Å²) in [5.74, 6) is -0.996. The van der Waals surface area contributed by atoms with Gasteiger partial charge in [0.1, 0.15) is 0 Å². The summed E-state index contributed by atoms with van der Waals surface area (Å²) < 4.78 is 1.65. The fraction of sp³-hybridized carbons (Fsp3) is 0.333. The van der Waals surface area contributed by atoms with Crippen LogP contribution in [-0.2, 0) is 0 Å². The highest BCUT2D eigenvalue weighted by atomic mass is 16.4. The first kappa shape index (κ1) is 11.4. The van der Waals surface area contributed by atoms with Crippen molar-refractivity contribution < 1.29 is 9.90 Å². The zero-order chi connectivity index (χ0) is 12.6. The molecule has 0 fully saturated rings. The standard InChI is InChI=1S/C12H14N2O3/c1-3-7(2)14-10-5-4-8(11(15)16)6-9(10)13-12(14)17/h4-7H,3H2,1-2H3,(H,13,17)(H,15,16). The molecule has 0 aliphatic carbocycles. The van der Waals surface area contributed by atoms with E-state index in [2.05, 4.69) is 4.98 Å². The van der Waals surface area contributed by atoms with E-state index in [1.807, 2.05) is 13.8 Å². The second-order valence-corrected chi connectivity index (χ2v) is 4.09. The molecule has 0 amide bonds. The van der Waals surface area contributed by atoms with Crippen LogP contribution in [0.4, 0.5) is 0 Å². The number of fused-ring (bicyclic) bond motifs is 1. The van der Waals surface area contributed by atoms with Gasteiger partial charge in [0.15, 0.2) is 0 Å². The number of aromatic nitrogens is 2. The highest BCUT2D eigenvalue weighted by Crippen LogP contribution is 2.18. The molecule has 1 unspecified atom stereocenters. The molecule has 0 saturated heterocycles. The number of H-pyrrole nitrogens is 1. The molecule has 0 aliphatic rings. The van der Waals surface area contributed by atoms with Crippen molar-refractivity contribution in [2.24, 2.45) is 0 Å². The molecule has 1 heterocycles. The number of nitrogens with zero attached hydrogens (tertiary/aromatic N) is 1. The Balaban J connectivity index is 2.69. The van der Waals surface area contributed by atoms with Crippen molar-refractivity contribution in [2.75, 3.05) is 0 Å². The molecule has 90 valence electrons. The SMILES string of the molecule is CCC(C)n1c(=O)[nH]c2cc(C(=O)O)ccc21. The van der Waals surface area contributed by atoms with Crippen molar-refractivity contribution in [3.63, 3.8) is 0 Å². The fourth-order valence-electron chi connectivity index (χ4n) is 1.88. The molecule has 1 aromatic carbocycles. The maximum absolute atomic E-state index is 11.8.